The molecule has 10 heteroatoms. The topological polar surface area (TPSA) is 80.0 Å². The zero-order valence-corrected chi connectivity index (χ0v) is 15.9. The lowest BCUT2D eigenvalue weighted by Gasteiger charge is -2.14. The minimum Gasteiger partial charge on any atom is -0.467 e. The van der Waals surface area contributed by atoms with Gasteiger partial charge in [0.2, 0.25) is 11.0 Å². The first-order valence-electron chi connectivity index (χ1n) is 7.98. The number of anilines is 1. The number of hydrogen-bond donors (Lipinski definition) is 2. The van der Waals surface area contributed by atoms with Crippen molar-refractivity contribution in [2.75, 3.05) is 11.1 Å². The number of carbonyl (C=O) groups excluding carboxylic acids is 1. The maximum Gasteiger partial charge on any atom is 0.230 e. The first-order valence-corrected chi connectivity index (χ1v) is 9.78. The number of halogens is 2. The highest BCUT2D eigenvalue weighted by atomic mass is 32.2. The Morgan fingerprint density at radius 3 is 2.93 bits per heavy atom. The van der Waals surface area contributed by atoms with E-state index in [1.54, 1.807) is 19.3 Å². The number of furan rings is 1. The highest BCUT2D eigenvalue weighted by Gasteiger charge is 2.15. The molecule has 27 heavy (non-hydrogen) atoms. The van der Waals surface area contributed by atoms with E-state index in [0.29, 0.717) is 16.0 Å². The largest absolute Gasteiger partial charge is 0.467 e. The molecule has 0 spiro atoms. The van der Waals surface area contributed by atoms with Crippen molar-refractivity contribution in [3.63, 3.8) is 0 Å². The van der Waals surface area contributed by atoms with Crippen LogP contribution >= 0.6 is 23.1 Å². The number of carbonyl (C=O) groups is 1. The van der Waals surface area contributed by atoms with Crippen LogP contribution in [-0.2, 0) is 11.3 Å². The van der Waals surface area contributed by atoms with Crippen LogP contribution in [0.4, 0.5) is 13.9 Å². The summed E-state index contributed by atoms with van der Waals surface area (Å²) >= 11 is 2.55. The second kappa shape index (κ2) is 8.96. The summed E-state index contributed by atoms with van der Waals surface area (Å²) < 4.78 is 32.6. The van der Waals surface area contributed by atoms with Crippen LogP contribution in [0.5, 0.6) is 0 Å². The molecular weight excluding hydrogens is 394 g/mol. The summed E-state index contributed by atoms with van der Waals surface area (Å²) in [4.78, 5) is 12.1. The molecule has 2 N–H and O–H groups in total. The van der Waals surface area contributed by atoms with E-state index >= 15 is 0 Å². The number of hydrogen-bond acceptors (Lipinski definition) is 7. The fourth-order valence-electron chi connectivity index (χ4n) is 2.26. The Kier molecular flexibility index (Phi) is 6.40. The van der Waals surface area contributed by atoms with E-state index in [4.69, 9.17) is 4.42 Å². The second-order valence-corrected chi connectivity index (χ2v) is 7.75. The Balaban J connectivity index is 1.46. The van der Waals surface area contributed by atoms with Gasteiger partial charge in [0.05, 0.1) is 24.6 Å². The zero-order chi connectivity index (χ0) is 19.2. The molecule has 3 rings (SSSR count). The molecule has 0 fully saturated rings. The maximum atomic E-state index is 13.8. The van der Waals surface area contributed by atoms with Gasteiger partial charge >= 0.3 is 0 Å². The molecular formula is C17H16F2N4O2S2. The van der Waals surface area contributed by atoms with E-state index in [1.165, 1.54) is 29.2 Å². The zero-order valence-electron chi connectivity index (χ0n) is 14.2. The number of aromatic nitrogens is 2. The van der Waals surface area contributed by atoms with Crippen molar-refractivity contribution < 1.29 is 18.0 Å². The summed E-state index contributed by atoms with van der Waals surface area (Å²) in [5.41, 5.74) is 0.232. The Hall–Kier alpha value is -2.46. The van der Waals surface area contributed by atoms with Crippen LogP contribution in [0, 0.1) is 11.6 Å². The standard InChI is InChI=1S/C17H16F2N4O2S2/c1-10(13-5-4-11(18)7-14(13)19)21-15(24)9-26-17-23-22-16(27-17)20-8-12-3-2-6-25-12/h2-7,10H,8-9H2,1H3,(H,20,22)(H,21,24)/t10-/m0/s1. The van der Waals surface area contributed by atoms with Gasteiger partial charge in [-0.25, -0.2) is 8.78 Å². The predicted molar refractivity (Wildman–Crippen MR) is 99.6 cm³/mol. The van der Waals surface area contributed by atoms with Crippen LogP contribution in [0.15, 0.2) is 45.4 Å². The highest BCUT2D eigenvalue weighted by molar-refractivity contribution is 8.01. The maximum absolute atomic E-state index is 13.8. The molecule has 6 nitrogen and oxygen atoms in total. The molecule has 0 saturated carbocycles. The summed E-state index contributed by atoms with van der Waals surface area (Å²) in [6.45, 7) is 2.13. The van der Waals surface area contributed by atoms with Crippen molar-refractivity contribution in [1.29, 1.82) is 0 Å². The highest BCUT2D eigenvalue weighted by Crippen LogP contribution is 2.26. The van der Waals surface area contributed by atoms with Gasteiger partial charge in [0.25, 0.3) is 0 Å². The first kappa shape index (κ1) is 19.3. The molecule has 3 aromatic rings. The van der Waals surface area contributed by atoms with Crippen LogP contribution in [0.1, 0.15) is 24.3 Å². The van der Waals surface area contributed by atoms with Gasteiger partial charge < -0.3 is 15.1 Å². The summed E-state index contributed by atoms with van der Waals surface area (Å²) in [6, 6.07) is 6.36. The van der Waals surface area contributed by atoms with Crippen LogP contribution in [0.3, 0.4) is 0 Å². The predicted octanol–water partition coefficient (Wildman–Crippen LogP) is 3.99. The van der Waals surface area contributed by atoms with Gasteiger partial charge in [-0.2, -0.15) is 0 Å². The third kappa shape index (κ3) is 5.51. The normalized spacial score (nSPS) is 12.0. The minimum atomic E-state index is -0.688. The third-order valence-electron chi connectivity index (χ3n) is 3.53. The first-order chi connectivity index (χ1) is 13.0. The van der Waals surface area contributed by atoms with Gasteiger partial charge in [0.15, 0.2) is 4.34 Å². The fourth-order valence-corrected chi connectivity index (χ4v) is 3.82. The minimum absolute atomic E-state index is 0.111. The van der Waals surface area contributed by atoms with Crippen LogP contribution in [0.25, 0.3) is 0 Å². The van der Waals surface area contributed by atoms with Gasteiger partial charge in [0.1, 0.15) is 17.4 Å². The molecule has 142 valence electrons. The van der Waals surface area contributed by atoms with Gasteiger partial charge in [-0.1, -0.05) is 29.2 Å². The molecule has 0 radical (unpaired) electrons. The lowest BCUT2D eigenvalue weighted by atomic mass is 10.1. The lowest BCUT2D eigenvalue weighted by molar-refractivity contribution is -0.119. The molecule has 0 unspecified atom stereocenters. The summed E-state index contributed by atoms with van der Waals surface area (Å²) in [5, 5.41) is 14.4. The van der Waals surface area contributed by atoms with E-state index in [1.807, 2.05) is 6.07 Å². The summed E-state index contributed by atoms with van der Waals surface area (Å²) in [6.07, 6.45) is 1.59. The van der Waals surface area contributed by atoms with E-state index in [9.17, 15) is 13.6 Å². The average molecular weight is 410 g/mol. The number of amides is 1. The number of nitrogens with zero attached hydrogens (tertiary/aromatic N) is 2. The van der Waals surface area contributed by atoms with Crippen LogP contribution in [-0.4, -0.2) is 21.9 Å². The lowest BCUT2D eigenvalue weighted by Crippen LogP contribution is -2.28. The number of nitrogens with one attached hydrogen (secondary N) is 2. The van der Waals surface area contributed by atoms with E-state index in [-0.39, 0.29) is 17.2 Å². The molecule has 0 bridgehead atoms. The van der Waals surface area contributed by atoms with Crippen molar-refractivity contribution in [3.05, 3.63) is 59.6 Å². The number of rotatable bonds is 8. The van der Waals surface area contributed by atoms with Crippen molar-refractivity contribution >= 4 is 34.1 Å². The molecule has 2 heterocycles. The molecule has 1 aromatic carbocycles. The monoisotopic (exact) mass is 410 g/mol. The summed E-state index contributed by atoms with van der Waals surface area (Å²) in [7, 11) is 0. The van der Waals surface area contributed by atoms with Crippen molar-refractivity contribution in [2.24, 2.45) is 0 Å². The second-order valence-electron chi connectivity index (χ2n) is 5.55. The fraction of sp³-hybridized carbons (Fsp3) is 0.235. The smallest absolute Gasteiger partial charge is 0.230 e. The number of benzene rings is 1. The Labute approximate surface area is 162 Å². The van der Waals surface area contributed by atoms with Gasteiger partial charge in [-0.15, -0.1) is 10.2 Å². The Morgan fingerprint density at radius 1 is 1.33 bits per heavy atom. The molecule has 0 aliphatic carbocycles. The van der Waals surface area contributed by atoms with Gasteiger partial charge in [0, 0.05) is 11.6 Å². The Bertz CT molecular complexity index is 902. The Morgan fingerprint density at radius 2 is 2.19 bits per heavy atom. The molecule has 0 saturated heterocycles. The van der Waals surface area contributed by atoms with Crippen molar-refractivity contribution in [2.45, 2.75) is 23.8 Å². The van der Waals surface area contributed by atoms with E-state index in [2.05, 4.69) is 20.8 Å². The SMILES string of the molecule is C[C@H](NC(=O)CSc1nnc(NCc2ccco2)s1)c1ccc(F)cc1F. The third-order valence-corrected chi connectivity index (χ3v) is 5.55. The molecule has 1 amide bonds. The van der Waals surface area contributed by atoms with Crippen molar-refractivity contribution in [3.8, 4) is 0 Å². The quantitative estimate of drug-likeness (QED) is 0.547. The molecule has 2 aromatic heterocycles. The van der Waals surface area contributed by atoms with Gasteiger partial charge in [-0.05, 0) is 25.1 Å². The molecule has 0 aliphatic heterocycles. The number of thioether (sulfide) groups is 1. The van der Waals surface area contributed by atoms with E-state index < -0.39 is 17.7 Å². The van der Waals surface area contributed by atoms with Crippen LogP contribution < -0.4 is 10.6 Å². The molecule has 1 atom stereocenters. The molecule has 0 aliphatic rings. The van der Waals surface area contributed by atoms with E-state index in [0.717, 1.165) is 17.9 Å². The van der Waals surface area contributed by atoms with Gasteiger partial charge in [-0.3, -0.25) is 4.79 Å². The average Bonchev–Trinajstić information content (AvgIpc) is 3.29. The van der Waals surface area contributed by atoms with Crippen LogP contribution in [0.2, 0.25) is 0 Å². The van der Waals surface area contributed by atoms with Crippen molar-refractivity contribution in [1.82, 2.24) is 15.5 Å². The summed E-state index contributed by atoms with van der Waals surface area (Å²) in [5.74, 6) is -0.734.